The molecule has 9 nitrogen and oxygen atoms in total. The maximum absolute atomic E-state index is 12.9. The van der Waals surface area contributed by atoms with Crippen molar-refractivity contribution in [2.45, 2.75) is 63.1 Å². The lowest BCUT2D eigenvalue weighted by atomic mass is 9.97. The maximum atomic E-state index is 12.9. The average molecular weight is 428 g/mol. The number of urea groups is 2. The van der Waals surface area contributed by atoms with Crippen molar-refractivity contribution in [2.75, 3.05) is 18.4 Å². The van der Waals surface area contributed by atoms with Crippen molar-refractivity contribution >= 4 is 29.6 Å². The topological polar surface area (TPSA) is 111 Å². The van der Waals surface area contributed by atoms with E-state index in [0.29, 0.717) is 38.8 Å². The van der Waals surface area contributed by atoms with Crippen LogP contribution in [-0.2, 0) is 9.59 Å². The van der Waals surface area contributed by atoms with E-state index in [1.165, 1.54) is 0 Å². The average Bonchev–Trinajstić information content (AvgIpc) is 3.33. The number of benzene rings is 1. The molecule has 166 valence electrons. The summed E-state index contributed by atoms with van der Waals surface area (Å²) in [5.41, 5.74) is -0.0753. The van der Waals surface area contributed by atoms with E-state index in [-0.39, 0.29) is 23.9 Å². The van der Waals surface area contributed by atoms with Crippen LogP contribution in [-0.4, -0.2) is 64.4 Å². The Bertz CT molecular complexity index is 860. The minimum absolute atomic E-state index is 0.100. The van der Waals surface area contributed by atoms with E-state index in [2.05, 4.69) is 16.0 Å². The summed E-state index contributed by atoms with van der Waals surface area (Å²) < 4.78 is 0. The fourth-order valence-corrected chi connectivity index (χ4v) is 4.70. The highest BCUT2D eigenvalue weighted by molar-refractivity contribution is 6.10. The van der Waals surface area contributed by atoms with Crippen LogP contribution in [0.3, 0.4) is 0 Å². The molecule has 6 amide bonds. The summed E-state index contributed by atoms with van der Waals surface area (Å²) in [5, 5.41) is 8.63. The van der Waals surface area contributed by atoms with E-state index in [4.69, 9.17) is 0 Å². The Morgan fingerprint density at radius 3 is 2.39 bits per heavy atom. The summed E-state index contributed by atoms with van der Waals surface area (Å²) in [6, 6.07) is 7.65. The van der Waals surface area contributed by atoms with E-state index in [1.54, 1.807) is 11.8 Å². The number of amides is 6. The van der Waals surface area contributed by atoms with E-state index < -0.39 is 17.6 Å². The van der Waals surface area contributed by atoms with E-state index in [0.717, 1.165) is 23.4 Å². The van der Waals surface area contributed by atoms with Gasteiger partial charge in [-0.3, -0.25) is 9.59 Å². The molecule has 1 unspecified atom stereocenters. The second-order valence-corrected chi connectivity index (χ2v) is 8.64. The number of carbonyl (C=O) groups is 4. The first-order valence-corrected chi connectivity index (χ1v) is 11.0. The molecule has 0 aromatic heterocycles. The molecule has 1 aromatic carbocycles. The van der Waals surface area contributed by atoms with Crippen molar-refractivity contribution in [3.63, 3.8) is 0 Å². The van der Waals surface area contributed by atoms with Gasteiger partial charge in [0.25, 0.3) is 5.91 Å². The Labute approximate surface area is 181 Å². The quantitative estimate of drug-likeness (QED) is 0.639. The molecule has 1 aromatic rings. The van der Waals surface area contributed by atoms with Gasteiger partial charge >= 0.3 is 12.1 Å². The summed E-state index contributed by atoms with van der Waals surface area (Å²) >= 11 is 0. The SMILES string of the molecule is CC(C(=O)NC1CCN(C(=O)Nc2ccccc2)CC1)N1C(=O)NC2(CCCC2)C1=O. The molecule has 2 aliphatic heterocycles. The van der Waals surface area contributed by atoms with Gasteiger partial charge in [-0.1, -0.05) is 31.0 Å². The first-order valence-electron chi connectivity index (χ1n) is 11.0. The van der Waals surface area contributed by atoms with Crippen LogP contribution in [0.25, 0.3) is 0 Å². The van der Waals surface area contributed by atoms with Crippen LogP contribution in [0.15, 0.2) is 30.3 Å². The molecule has 1 spiro atoms. The minimum atomic E-state index is -0.869. The van der Waals surface area contributed by atoms with Gasteiger partial charge < -0.3 is 20.9 Å². The highest BCUT2D eigenvalue weighted by Gasteiger charge is 2.54. The maximum Gasteiger partial charge on any atom is 0.325 e. The van der Waals surface area contributed by atoms with Gasteiger partial charge in [-0.25, -0.2) is 14.5 Å². The van der Waals surface area contributed by atoms with Crippen molar-refractivity contribution in [1.82, 2.24) is 20.4 Å². The zero-order valence-electron chi connectivity index (χ0n) is 17.7. The molecule has 1 aliphatic carbocycles. The van der Waals surface area contributed by atoms with Gasteiger partial charge in [-0.05, 0) is 44.7 Å². The van der Waals surface area contributed by atoms with Crippen molar-refractivity contribution in [1.29, 1.82) is 0 Å². The Kier molecular flexibility index (Phi) is 5.84. The van der Waals surface area contributed by atoms with Gasteiger partial charge in [0.1, 0.15) is 11.6 Å². The number of nitrogens with one attached hydrogen (secondary N) is 3. The second kappa shape index (κ2) is 8.56. The van der Waals surface area contributed by atoms with Crippen LogP contribution in [0.2, 0.25) is 0 Å². The third-order valence-corrected chi connectivity index (χ3v) is 6.57. The lowest BCUT2D eigenvalue weighted by Gasteiger charge is -2.33. The number of anilines is 1. The van der Waals surface area contributed by atoms with E-state index in [9.17, 15) is 19.2 Å². The molecule has 4 rings (SSSR count). The Balaban J connectivity index is 1.27. The van der Waals surface area contributed by atoms with Crippen LogP contribution in [0.4, 0.5) is 15.3 Å². The fourth-order valence-electron chi connectivity index (χ4n) is 4.70. The number of likely N-dealkylation sites (tertiary alicyclic amines) is 1. The molecule has 0 radical (unpaired) electrons. The summed E-state index contributed by atoms with van der Waals surface area (Å²) in [7, 11) is 0. The molecule has 3 aliphatic rings. The van der Waals surface area contributed by atoms with Crippen molar-refractivity contribution in [3.8, 4) is 0 Å². The third-order valence-electron chi connectivity index (χ3n) is 6.57. The Hall–Kier alpha value is -3.10. The van der Waals surface area contributed by atoms with E-state index >= 15 is 0 Å². The van der Waals surface area contributed by atoms with Crippen molar-refractivity contribution < 1.29 is 19.2 Å². The summed E-state index contributed by atoms with van der Waals surface area (Å²) in [6.07, 6.45) is 4.29. The lowest BCUT2D eigenvalue weighted by Crippen LogP contribution is -2.54. The molecule has 1 atom stereocenters. The standard InChI is InChI=1S/C22H29N5O4/c1-15(27-19(29)22(25-21(27)31)11-5-6-12-22)18(28)23-17-9-13-26(14-10-17)20(30)24-16-7-3-2-4-8-16/h2-4,7-8,15,17H,5-6,9-14H2,1H3,(H,23,28)(H,24,30)(H,25,31). The van der Waals surface area contributed by atoms with Crippen LogP contribution >= 0.6 is 0 Å². The number of imide groups is 1. The van der Waals surface area contributed by atoms with Gasteiger partial charge in [0, 0.05) is 24.8 Å². The molecule has 1 saturated carbocycles. The van der Waals surface area contributed by atoms with Crippen molar-refractivity contribution in [2.24, 2.45) is 0 Å². The lowest BCUT2D eigenvalue weighted by molar-refractivity contribution is -0.138. The summed E-state index contributed by atoms with van der Waals surface area (Å²) in [6.45, 7) is 2.62. The van der Waals surface area contributed by atoms with E-state index in [1.807, 2.05) is 30.3 Å². The van der Waals surface area contributed by atoms with Crippen LogP contribution in [0.5, 0.6) is 0 Å². The Morgan fingerprint density at radius 2 is 1.74 bits per heavy atom. The van der Waals surface area contributed by atoms with Crippen LogP contribution in [0.1, 0.15) is 45.4 Å². The molecule has 2 heterocycles. The highest BCUT2D eigenvalue weighted by Crippen LogP contribution is 2.35. The van der Waals surface area contributed by atoms with Gasteiger partial charge in [-0.15, -0.1) is 0 Å². The second-order valence-electron chi connectivity index (χ2n) is 8.64. The van der Waals surface area contributed by atoms with Crippen LogP contribution < -0.4 is 16.0 Å². The van der Waals surface area contributed by atoms with Gasteiger partial charge in [0.2, 0.25) is 5.91 Å². The Morgan fingerprint density at radius 1 is 1.10 bits per heavy atom. The number of carbonyl (C=O) groups excluding carboxylic acids is 4. The number of hydrogen-bond acceptors (Lipinski definition) is 4. The smallest absolute Gasteiger partial charge is 0.325 e. The van der Waals surface area contributed by atoms with Crippen LogP contribution in [0, 0.1) is 0 Å². The first-order chi connectivity index (χ1) is 14.9. The zero-order chi connectivity index (χ0) is 22.0. The van der Waals surface area contributed by atoms with Crippen molar-refractivity contribution in [3.05, 3.63) is 30.3 Å². The molecule has 0 bridgehead atoms. The molecule has 31 heavy (non-hydrogen) atoms. The number of piperidine rings is 1. The zero-order valence-corrected chi connectivity index (χ0v) is 17.7. The molecule has 3 fully saturated rings. The number of rotatable bonds is 4. The van der Waals surface area contributed by atoms with Gasteiger partial charge in [-0.2, -0.15) is 0 Å². The predicted octanol–water partition coefficient (Wildman–Crippen LogP) is 2.05. The first kappa shape index (κ1) is 21.1. The largest absolute Gasteiger partial charge is 0.351 e. The normalized spacial score (nSPS) is 21.8. The predicted molar refractivity (Wildman–Crippen MR) is 114 cm³/mol. The summed E-state index contributed by atoms with van der Waals surface area (Å²) in [4.78, 5) is 53.3. The number of hydrogen-bond donors (Lipinski definition) is 3. The number of nitrogens with zero attached hydrogens (tertiary/aromatic N) is 2. The molecule has 9 heteroatoms. The summed E-state index contributed by atoms with van der Waals surface area (Å²) in [5.74, 6) is -0.629. The molecular formula is C22H29N5O4. The van der Waals surface area contributed by atoms with Gasteiger partial charge in [0.05, 0.1) is 0 Å². The van der Waals surface area contributed by atoms with Gasteiger partial charge in [0.15, 0.2) is 0 Å². The molecular weight excluding hydrogens is 398 g/mol. The number of para-hydroxylation sites is 1. The monoisotopic (exact) mass is 427 g/mol. The molecule has 2 saturated heterocycles. The minimum Gasteiger partial charge on any atom is -0.351 e. The fraction of sp³-hybridized carbons (Fsp3) is 0.545. The molecule has 3 N–H and O–H groups in total. The third kappa shape index (κ3) is 4.22. The highest BCUT2D eigenvalue weighted by atomic mass is 16.2.